The molecule has 1 fully saturated rings. The number of nitrogens with zero attached hydrogens (tertiary/aromatic N) is 2. The summed E-state index contributed by atoms with van der Waals surface area (Å²) in [6.45, 7) is 0.398. The van der Waals surface area contributed by atoms with Crippen LogP contribution in [0.4, 0.5) is 0 Å². The first-order valence-electron chi connectivity index (χ1n) is 6.30. The Morgan fingerprint density at radius 2 is 2.05 bits per heavy atom. The molecule has 1 aliphatic heterocycles. The number of rotatable bonds is 3. The lowest BCUT2D eigenvalue weighted by atomic mass is 10.0. The molecule has 106 valence electrons. The van der Waals surface area contributed by atoms with Gasteiger partial charge >= 0.3 is 5.97 Å². The van der Waals surface area contributed by atoms with Crippen molar-refractivity contribution in [3.05, 3.63) is 29.6 Å². The molecule has 2 heterocycles. The van der Waals surface area contributed by atoms with E-state index < -0.39 is 23.8 Å². The molecule has 7 nitrogen and oxygen atoms in total. The van der Waals surface area contributed by atoms with E-state index >= 15 is 0 Å². The number of hydrogen-bond donors (Lipinski definition) is 2. The molecule has 2 rings (SSSR count). The summed E-state index contributed by atoms with van der Waals surface area (Å²) < 4.78 is 0. The average Bonchev–Trinajstić information content (AvgIpc) is 2.46. The molecule has 0 bridgehead atoms. The van der Waals surface area contributed by atoms with Crippen LogP contribution in [-0.2, 0) is 4.79 Å². The summed E-state index contributed by atoms with van der Waals surface area (Å²) in [5.41, 5.74) is 5.41. The molecule has 7 heteroatoms. The molecule has 1 saturated heterocycles. The highest BCUT2D eigenvalue weighted by atomic mass is 16.4. The van der Waals surface area contributed by atoms with Gasteiger partial charge < -0.3 is 15.7 Å². The van der Waals surface area contributed by atoms with Crippen LogP contribution in [0.5, 0.6) is 0 Å². The van der Waals surface area contributed by atoms with Crippen molar-refractivity contribution in [1.29, 1.82) is 0 Å². The molecule has 1 aromatic heterocycles. The summed E-state index contributed by atoms with van der Waals surface area (Å²) in [6.07, 6.45) is 3.22. The highest BCUT2D eigenvalue weighted by Gasteiger charge is 2.32. The SMILES string of the molecule is NC(=O)c1ccc(C(=O)N2CCCCC2C(=O)O)nc1. The first kappa shape index (κ1) is 14.0. The normalized spacial score (nSPS) is 18.6. The van der Waals surface area contributed by atoms with E-state index in [1.807, 2.05) is 0 Å². The fourth-order valence-electron chi connectivity index (χ4n) is 2.24. The molecule has 1 unspecified atom stereocenters. The number of carbonyl (C=O) groups is 3. The summed E-state index contributed by atoms with van der Waals surface area (Å²) in [5.74, 6) is -2.07. The third-order valence-corrected chi connectivity index (χ3v) is 3.32. The number of primary amides is 1. The number of piperidine rings is 1. The Labute approximate surface area is 115 Å². The van der Waals surface area contributed by atoms with Crippen LogP contribution in [0.25, 0.3) is 0 Å². The molecule has 1 aliphatic rings. The summed E-state index contributed by atoms with van der Waals surface area (Å²) in [5, 5.41) is 9.15. The quantitative estimate of drug-likeness (QED) is 0.822. The van der Waals surface area contributed by atoms with Crippen LogP contribution in [0.2, 0.25) is 0 Å². The number of likely N-dealkylation sites (tertiary alicyclic amines) is 1. The van der Waals surface area contributed by atoms with Gasteiger partial charge in [0.05, 0.1) is 5.56 Å². The Hall–Kier alpha value is -2.44. The van der Waals surface area contributed by atoms with Crippen molar-refractivity contribution in [1.82, 2.24) is 9.88 Å². The largest absolute Gasteiger partial charge is 0.480 e. The minimum Gasteiger partial charge on any atom is -0.480 e. The minimum atomic E-state index is -1.01. The predicted octanol–water partition coefficient (Wildman–Crippen LogP) is 0.260. The van der Waals surface area contributed by atoms with E-state index in [2.05, 4.69) is 4.98 Å². The average molecular weight is 277 g/mol. The third kappa shape index (κ3) is 2.76. The van der Waals surface area contributed by atoms with Gasteiger partial charge in [0.2, 0.25) is 5.91 Å². The Morgan fingerprint density at radius 1 is 1.30 bits per heavy atom. The van der Waals surface area contributed by atoms with Crippen molar-refractivity contribution in [2.45, 2.75) is 25.3 Å². The van der Waals surface area contributed by atoms with Gasteiger partial charge in [-0.2, -0.15) is 0 Å². The van der Waals surface area contributed by atoms with Gasteiger partial charge in [-0.15, -0.1) is 0 Å². The number of carboxylic acid groups (broad SMARTS) is 1. The maximum absolute atomic E-state index is 12.3. The van der Waals surface area contributed by atoms with Crippen LogP contribution in [-0.4, -0.2) is 45.4 Å². The first-order chi connectivity index (χ1) is 9.50. The second-order valence-corrected chi connectivity index (χ2v) is 4.64. The van der Waals surface area contributed by atoms with Crippen LogP contribution < -0.4 is 5.73 Å². The van der Waals surface area contributed by atoms with Crippen LogP contribution >= 0.6 is 0 Å². The lowest BCUT2D eigenvalue weighted by molar-refractivity contribution is -0.143. The number of aromatic nitrogens is 1. The lowest BCUT2D eigenvalue weighted by Crippen LogP contribution is -2.48. The highest BCUT2D eigenvalue weighted by Crippen LogP contribution is 2.19. The van der Waals surface area contributed by atoms with Gasteiger partial charge in [-0.25, -0.2) is 4.79 Å². The van der Waals surface area contributed by atoms with Crippen LogP contribution in [0, 0.1) is 0 Å². The van der Waals surface area contributed by atoms with Crippen molar-refractivity contribution >= 4 is 17.8 Å². The second-order valence-electron chi connectivity index (χ2n) is 4.64. The molecule has 0 saturated carbocycles. The number of carboxylic acids is 1. The topological polar surface area (TPSA) is 114 Å². The molecule has 1 aromatic rings. The highest BCUT2D eigenvalue weighted by molar-refractivity contribution is 5.97. The lowest BCUT2D eigenvalue weighted by Gasteiger charge is -2.32. The Balaban J connectivity index is 2.20. The van der Waals surface area contributed by atoms with E-state index in [1.54, 1.807) is 0 Å². The maximum Gasteiger partial charge on any atom is 0.326 e. The number of amides is 2. The molecule has 0 aromatic carbocycles. The third-order valence-electron chi connectivity index (χ3n) is 3.32. The van der Waals surface area contributed by atoms with Crippen LogP contribution in [0.3, 0.4) is 0 Å². The molecule has 3 N–H and O–H groups in total. The predicted molar refractivity (Wildman–Crippen MR) is 69.1 cm³/mol. The maximum atomic E-state index is 12.3. The van der Waals surface area contributed by atoms with Gasteiger partial charge in [0.1, 0.15) is 11.7 Å². The summed E-state index contributed by atoms with van der Waals surface area (Å²) >= 11 is 0. The zero-order valence-corrected chi connectivity index (χ0v) is 10.8. The molecule has 1 atom stereocenters. The van der Waals surface area contributed by atoms with E-state index in [1.165, 1.54) is 23.2 Å². The van der Waals surface area contributed by atoms with Crippen LogP contribution in [0.15, 0.2) is 18.3 Å². The molecular formula is C13H15N3O4. The zero-order chi connectivity index (χ0) is 14.7. The molecule has 0 spiro atoms. The van der Waals surface area contributed by atoms with E-state index in [0.717, 1.165) is 12.8 Å². The van der Waals surface area contributed by atoms with Gasteiger partial charge in [0.25, 0.3) is 5.91 Å². The van der Waals surface area contributed by atoms with Gasteiger partial charge in [-0.05, 0) is 31.4 Å². The van der Waals surface area contributed by atoms with Gasteiger partial charge in [0, 0.05) is 12.7 Å². The smallest absolute Gasteiger partial charge is 0.326 e. The van der Waals surface area contributed by atoms with Gasteiger partial charge in [-0.3, -0.25) is 14.6 Å². The van der Waals surface area contributed by atoms with E-state index in [-0.39, 0.29) is 11.3 Å². The van der Waals surface area contributed by atoms with E-state index in [0.29, 0.717) is 13.0 Å². The van der Waals surface area contributed by atoms with E-state index in [4.69, 9.17) is 10.8 Å². The van der Waals surface area contributed by atoms with Crippen LogP contribution in [0.1, 0.15) is 40.1 Å². The molecule has 0 radical (unpaired) electrons. The molecule has 2 amide bonds. The summed E-state index contributed by atoms with van der Waals surface area (Å²) in [6, 6.07) is 1.98. The Morgan fingerprint density at radius 3 is 2.60 bits per heavy atom. The molecular weight excluding hydrogens is 262 g/mol. The van der Waals surface area contributed by atoms with Crippen molar-refractivity contribution in [2.24, 2.45) is 5.73 Å². The fraction of sp³-hybridized carbons (Fsp3) is 0.385. The van der Waals surface area contributed by atoms with Gasteiger partial charge in [-0.1, -0.05) is 0 Å². The zero-order valence-electron chi connectivity index (χ0n) is 10.8. The second kappa shape index (κ2) is 5.68. The number of pyridine rings is 1. The number of carbonyl (C=O) groups excluding carboxylic acids is 2. The van der Waals surface area contributed by atoms with Gasteiger partial charge in [0.15, 0.2) is 0 Å². The van der Waals surface area contributed by atoms with E-state index in [9.17, 15) is 14.4 Å². The van der Waals surface area contributed by atoms with Crippen molar-refractivity contribution in [2.75, 3.05) is 6.54 Å². The number of aliphatic carboxylic acids is 1. The van der Waals surface area contributed by atoms with Crippen molar-refractivity contribution in [3.8, 4) is 0 Å². The number of hydrogen-bond acceptors (Lipinski definition) is 4. The first-order valence-corrected chi connectivity index (χ1v) is 6.30. The standard InChI is InChI=1S/C13H15N3O4/c14-11(17)8-4-5-9(15-7-8)12(18)16-6-2-1-3-10(16)13(19)20/h4-5,7,10H,1-3,6H2,(H2,14,17)(H,19,20). The summed E-state index contributed by atoms with van der Waals surface area (Å²) in [4.78, 5) is 39.6. The Bertz CT molecular complexity index is 541. The molecule has 0 aliphatic carbocycles. The molecule has 20 heavy (non-hydrogen) atoms. The van der Waals surface area contributed by atoms with Crippen molar-refractivity contribution in [3.63, 3.8) is 0 Å². The Kier molecular flexibility index (Phi) is 3.97. The minimum absolute atomic E-state index is 0.114. The van der Waals surface area contributed by atoms with Crippen molar-refractivity contribution < 1.29 is 19.5 Å². The monoisotopic (exact) mass is 277 g/mol. The summed E-state index contributed by atoms with van der Waals surface area (Å²) in [7, 11) is 0. The fourth-order valence-corrected chi connectivity index (χ4v) is 2.24. The number of nitrogens with two attached hydrogens (primary N) is 1.